The third-order valence-electron chi connectivity index (χ3n) is 5.55. The highest BCUT2D eigenvalue weighted by Crippen LogP contribution is 2.36. The van der Waals surface area contributed by atoms with Gasteiger partial charge in [0.05, 0.1) is 24.0 Å². The van der Waals surface area contributed by atoms with Crippen molar-refractivity contribution in [2.24, 2.45) is 5.73 Å². The number of amides is 1. The van der Waals surface area contributed by atoms with Gasteiger partial charge in [0.2, 0.25) is 11.8 Å². The van der Waals surface area contributed by atoms with Gasteiger partial charge in [-0.25, -0.2) is 4.98 Å². The van der Waals surface area contributed by atoms with Gasteiger partial charge in [0, 0.05) is 46.7 Å². The molecule has 0 bridgehead atoms. The quantitative estimate of drug-likeness (QED) is 0.474. The van der Waals surface area contributed by atoms with Crippen LogP contribution in [0.25, 0.3) is 22.7 Å². The van der Waals surface area contributed by atoms with Crippen molar-refractivity contribution in [3.8, 4) is 22.7 Å². The van der Waals surface area contributed by atoms with Gasteiger partial charge in [-0.1, -0.05) is 0 Å². The predicted octanol–water partition coefficient (Wildman–Crippen LogP) is 3.96. The van der Waals surface area contributed by atoms with E-state index in [1.807, 2.05) is 29.3 Å². The summed E-state index contributed by atoms with van der Waals surface area (Å²) in [6.07, 6.45) is 6.72. The Morgan fingerprint density at radius 2 is 2.09 bits per heavy atom. The molecule has 4 aromatic rings. The van der Waals surface area contributed by atoms with Gasteiger partial charge in [-0.3, -0.25) is 14.8 Å². The second-order valence-corrected chi connectivity index (χ2v) is 9.00. The molecule has 0 radical (unpaired) electrons. The number of thiazole rings is 1. The topological polar surface area (TPSA) is 124 Å². The van der Waals surface area contributed by atoms with Gasteiger partial charge in [-0.15, -0.1) is 21.5 Å². The fraction of sp³-hybridized carbons (Fsp3) is 0.304. The summed E-state index contributed by atoms with van der Waals surface area (Å²) in [5.41, 5.74) is 9.39. The number of aryl methyl sites for hydroxylation is 1. The second-order valence-electron chi connectivity index (χ2n) is 8.11. The fourth-order valence-electron chi connectivity index (χ4n) is 3.96. The van der Waals surface area contributed by atoms with Gasteiger partial charge < -0.3 is 15.1 Å². The second kappa shape index (κ2) is 8.80. The first kappa shape index (κ1) is 21.4. The summed E-state index contributed by atoms with van der Waals surface area (Å²) in [5.74, 6) is 0.571. The Morgan fingerprint density at radius 3 is 2.79 bits per heavy atom. The molecular weight excluding hydrogens is 438 g/mol. The van der Waals surface area contributed by atoms with Gasteiger partial charge in [0.1, 0.15) is 5.01 Å². The van der Waals surface area contributed by atoms with E-state index in [2.05, 4.69) is 25.1 Å². The molecule has 168 valence electrons. The summed E-state index contributed by atoms with van der Waals surface area (Å²) in [7, 11) is 0. The average Bonchev–Trinajstić information content (AvgIpc) is 3.59. The van der Waals surface area contributed by atoms with Crippen LogP contribution in [0, 0.1) is 6.92 Å². The maximum atomic E-state index is 13.7. The van der Waals surface area contributed by atoms with E-state index >= 15 is 0 Å². The third-order valence-corrected chi connectivity index (χ3v) is 6.62. The molecule has 9 nitrogen and oxygen atoms in total. The lowest BCUT2D eigenvalue weighted by Gasteiger charge is -2.23. The molecule has 1 fully saturated rings. The smallest absolute Gasteiger partial charge is 0.254 e. The molecule has 2 atom stereocenters. The first-order chi connectivity index (χ1) is 16.0. The molecule has 1 aliphatic heterocycles. The average molecular weight is 462 g/mol. The Morgan fingerprint density at radius 1 is 1.24 bits per heavy atom. The van der Waals surface area contributed by atoms with E-state index in [-0.39, 0.29) is 18.0 Å². The lowest BCUT2D eigenvalue weighted by atomic mass is 10.0. The Bertz CT molecular complexity index is 1280. The van der Waals surface area contributed by atoms with E-state index in [1.54, 1.807) is 42.9 Å². The van der Waals surface area contributed by atoms with Gasteiger partial charge in [-0.2, -0.15) is 0 Å². The van der Waals surface area contributed by atoms with E-state index in [0.717, 1.165) is 29.1 Å². The zero-order chi connectivity index (χ0) is 22.9. The van der Waals surface area contributed by atoms with E-state index < -0.39 is 0 Å². The minimum Gasteiger partial charge on any atom is -0.419 e. The van der Waals surface area contributed by atoms with Crippen molar-refractivity contribution in [1.82, 2.24) is 30.0 Å². The van der Waals surface area contributed by atoms with Crippen molar-refractivity contribution in [3.05, 3.63) is 64.3 Å². The van der Waals surface area contributed by atoms with Gasteiger partial charge in [0.15, 0.2) is 0 Å². The Kier molecular flexibility index (Phi) is 5.69. The normalized spacial score (nSPS) is 16.8. The van der Waals surface area contributed by atoms with Crippen LogP contribution >= 0.6 is 11.3 Å². The zero-order valence-corrected chi connectivity index (χ0v) is 19.1. The van der Waals surface area contributed by atoms with Crippen LogP contribution in [0.5, 0.6) is 0 Å². The number of hydrogen-bond donors (Lipinski definition) is 1. The SMILES string of the molecule is Cc1csc(C2CCCN2C(=O)c2cc(-c3cnccn3)cc(-c3nnc([C@H](C)N)o3)c2)n1. The summed E-state index contributed by atoms with van der Waals surface area (Å²) in [5, 5.41) is 11.2. The van der Waals surface area contributed by atoms with Crippen LogP contribution < -0.4 is 5.73 Å². The summed E-state index contributed by atoms with van der Waals surface area (Å²) < 4.78 is 5.76. The summed E-state index contributed by atoms with van der Waals surface area (Å²) in [4.78, 5) is 28.8. The van der Waals surface area contributed by atoms with Gasteiger partial charge >= 0.3 is 0 Å². The largest absolute Gasteiger partial charge is 0.419 e. The van der Waals surface area contributed by atoms with Crippen LogP contribution in [0.2, 0.25) is 0 Å². The lowest BCUT2D eigenvalue weighted by Crippen LogP contribution is -2.30. The van der Waals surface area contributed by atoms with Crippen molar-refractivity contribution < 1.29 is 9.21 Å². The van der Waals surface area contributed by atoms with Crippen LogP contribution in [0.15, 0.2) is 46.6 Å². The molecule has 0 aliphatic carbocycles. The van der Waals surface area contributed by atoms with Crippen molar-refractivity contribution in [1.29, 1.82) is 0 Å². The van der Waals surface area contributed by atoms with Gasteiger partial charge in [-0.05, 0) is 44.9 Å². The highest BCUT2D eigenvalue weighted by molar-refractivity contribution is 7.09. The molecule has 0 spiro atoms. The maximum Gasteiger partial charge on any atom is 0.254 e. The maximum absolute atomic E-state index is 13.7. The number of aromatic nitrogens is 5. The van der Waals surface area contributed by atoms with Gasteiger partial charge in [0.25, 0.3) is 5.91 Å². The highest BCUT2D eigenvalue weighted by atomic mass is 32.1. The molecule has 1 aromatic carbocycles. The molecule has 5 rings (SSSR count). The molecule has 1 amide bonds. The van der Waals surface area contributed by atoms with Crippen LogP contribution in [0.3, 0.4) is 0 Å². The molecule has 4 heterocycles. The summed E-state index contributed by atoms with van der Waals surface area (Å²) in [6.45, 7) is 4.43. The van der Waals surface area contributed by atoms with Crippen LogP contribution in [-0.4, -0.2) is 42.5 Å². The van der Waals surface area contributed by atoms with E-state index in [4.69, 9.17) is 10.2 Å². The first-order valence-electron chi connectivity index (χ1n) is 10.7. The monoisotopic (exact) mass is 461 g/mol. The molecule has 33 heavy (non-hydrogen) atoms. The number of rotatable bonds is 5. The third kappa shape index (κ3) is 4.27. The first-order valence-corrected chi connectivity index (χ1v) is 11.6. The number of carbonyl (C=O) groups is 1. The minimum atomic E-state index is -0.386. The molecule has 3 aromatic heterocycles. The number of hydrogen-bond acceptors (Lipinski definition) is 9. The predicted molar refractivity (Wildman–Crippen MR) is 123 cm³/mol. The molecule has 1 unspecified atom stereocenters. The van der Waals surface area contributed by atoms with Crippen molar-refractivity contribution in [2.45, 2.75) is 38.8 Å². The fourth-order valence-corrected chi connectivity index (χ4v) is 4.91. The zero-order valence-electron chi connectivity index (χ0n) is 18.3. The number of nitrogens with zero attached hydrogens (tertiary/aromatic N) is 6. The van der Waals surface area contributed by atoms with Crippen LogP contribution in [0.4, 0.5) is 0 Å². The lowest BCUT2D eigenvalue weighted by molar-refractivity contribution is 0.0735. The Balaban J connectivity index is 1.56. The van der Waals surface area contributed by atoms with Crippen LogP contribution in [0.1, 0.15) is 58.8 Å². The van der Waals surface area contributed by atoms with Crippen molar-refractivity contribution in [2.75, 3.05) is 6.54 Å². The molecule has 1 aliphatic rings. The van der Waals surface area contributed by atoms with Crippen molar-refractivity contribution >= 4 is 17.2 Å². The Hall–Kier alpha value is -3.50. The number of carbonyl (C=O) groups excluding carboxylic acids is 1. The standard InChI is InChI=1S/C23H23N7O2S/c1-13-12-33-22(27-13)19-4-3-7-30(19)23(31)17-9-15(18-11-25-5-6-26-18)8-16(10-17)21-29-28-20(32-21)14(2)24/h5-6,8-12,14,19H,3-4,7,24H2,1-2H3/t14-,19?/m0/s1. The number of benzene rings is 1. The molecular formula is C23H23N7O2S. The molecule has 2 N–H and O–H groups in total. The summed E-state index contributed by atoms with van der Waals surface area (Å²) in [6, 6.07) is 5.07. The molecule has 1 saturated heterocycles. The Labute approximate surface area is 194 Å². The highest BCUT2D eigenvalue weighted by Gasteiger charge is 2.33. The molecule has 0 saturated carbocycles. The van der Waals surface area contributed by atoms with E-state index in [9.17, 15) is 4.79 Å². The minimum absolute atomic E-state index is 0.0204. The van der Waals surface area contributed by atoms with Crippen molar-refractivity contribution in [3.63, 3.8) is 0 Å². The number of nitrogens with two attached hydrogens (primary N) is 1. The van der Waals surface area contributed by atoms with E-state index in [1.165, 1.54) is 0 Å². The summed E-state index contributed by atoms with van der Waals surface area (Å²) >= 11 is 1.60. The van der Waals surface area contributed by atoms with E-state index in [0.29, 0.717) is 35.1 Å². The molecule has 10 heteroatoms. The number of likely N-dealkylation sites (tertiary alicyclic amines) is 1. The van der Waals surface area contributed by atoms with Crippen LogP contribution in [-0.2, 0) is 0 Å².